The minimum absolute atomic E-state index is 0.0438. The fraction of sp³-hybridized carbons (Fsp3) is 0.778. The Labute approximate surface area is 150 Å². The Morgan fingerprint density at radius 1 is 1.44 bits per heavy atom. The van der Waals surface area contributed by atoms with Crippen molar-refractivity contribution in [3.63, 3.8) is 0 Å². The van der Waals surface area contributed by atoms with Gasteiger partial charge in [-0.3, -0.25) is 14.6 Å². The molecule has 1 aromatic heterocycles. The van der Waals surface area contributed by atoms with Gasteiger partial charge in [0, 0.05) is 45.4 Å². The SMILES string of the molecule is COCCN1CCN(CC(=O)Nc2ccnn2[C@@H](C)C2CC2)C[C@@H]1C. The number of ether oxygens (including phenoxy) is 1. The van der Waals surface area contributed by atoms with Gasteiger partial charge in [-0.2, -0.15) is 5.10 Å². The van der Waals surface area contributed by atoms with Gasteiger partial charge >= 0.3 is 0 Å². The molecule has 0 aromatic carbocycles. The van der Waals surface area contributed by atoms with Crippen molar-refractivity contribution in [3.8, 4) is 0 Å². The molecule has 1 amide bonds. The molecule has 2 aliphatic rings. The van der Waals surface area contributed by atoms with Crippen molar-refractivity contribution in [2.45, 2.75) is 38.8 Å². The molecule has 0 spiro atoms. The standard InChI is InChI=1S/C18H31N5O2/c1-14-12-21(8-9-22(14)10-11-25-3)13-18(24)20-17-6-7-19-23(17)15(2)16-4-5-16/h6-7,14-16H,4-5,8-13H2,1-3H3,(H,20,24)/t14-,15-/m0/s1. The summed E-state index contributed by atoms with van der Waals surface area (Å²) in [4.78, 5) is 17.1. The second-order valence-electron chi connectivity index (χ2n) is 7.40. The van der Waals surface area contributed by atoms with Gasteiger partial charge in [0.1, 0.15) is 5.82 Å². The molecule has 7 nitrogen and oxygen atoms in total. The van der Waals surface area contributed by atoms with E-state index in [-0.39, 0.29) is 5.91 Å². The average Bonchev–Trinajstić information content (AvgIpc) is 3.33. The Morgan fingerprint density at radius 2 is 2.24 bits per heavy atom. The van der Waals surface area contributed by atoms with Crippen LogP contribution in [0.25, 0.3) is 0 Å². The van der Waals surface area contributed by atoms with E-state index in [9.17, 15) is 4.79 Å². The summed E-state index contributed by atoms with van der Waals surface area (Å²) < 4.78 is 7.13. The lowest BCUT2D eigenvalue weighted by atomic mass is 10.2. The number of piperazine rings is 1. The summed E-state index contributed by atoms with van der Waals surface area (Å²) in [5, 5.41) is 7.45. The van der Waals surface area contributed by atoms with E-state index in [1.165, 1.54) is 12.8 Å². The van der Waals surface area contributed by atoms with E-state index in [0.29, 0.717) is 24.5 Å². The first-order valence-corrected chi connectivity index (χ1v) is 9.37. The quantitative estimate of drug-likeness (QED) is 0.770. The van der Waals surface area contributed by atoms with Gasteiger partial charge in [-0.15, -0.1) is 0 Å². The summed E-state index contributed by atoms with van der Waals surface area (Å²) in [6.45, 7) is 9.35. The summed E-state index contributed by atoms with van der Waals surface area (Å²) >= 11 is 0. The zero-order valence-corrected chi connectivity index (χ0v) is 15.6. The molecule has 25 heavy (non-hydrogen) atoms. The number of amides is 1. The van der Waals surface area contributed by atoms with Crippen LogP contribution >= 0.6 is 0 Å². The zero-order chi connectivity index (χ0) is 17.8. The number of anilines is 1. The third-order valence-electron chi connectivity index (χ3n) is 5.43. The highest BCUT2D eigenvalue weighted by Gasteiger charge is 2.31. The van der Waals surface area contributed by atoms with Gasteiger partial charge in [0.2, 0.25) is 5.91 Å². The third-order valence-corrected chi connectivity index (χ3v) is 5.43. The first kappa shape index (κ1) is 18.4. The lowest BCUT2D eigenvalue weighted by molar-refractivity contribution is -0.118. The second-order valence-corrected chi connectivity index (χ2v) is 7.40. The molecule has 0 unspecified atom stereocenters. The molecule has 1 aliphatic heterocycles. The number of carbonyl (C=O) groups excluding carboxylic acids is 1. The summed E-state index contributed by atoms with van der Waals surface area (Å²) in [7, 11) is 1.74. The van der Waals surface area contributed by atoms with E-state index in [4.69, 9.17) is 4.74 Å². The number of nitrogens with zero attached hydrogens (tertiary/aromatic N) is 4. The van der Waals surface area contributed by atoms with Crippen LogP contribution in [0.2, 0.25) is 0 Å². The number of methoxy groups -OCH3 is 1. The predicted molar refractivity (Wildman–Crippen MR) is 97.6 cm³/mol. The van der Waals surface area contributed by atoms with Gasteiger partial charge in [-0.1, -0.05) is 0 Å². The van der Waals surface area contributed by atoms with E-state index in [1.54, 1.807) is 13.3 Å². The average molecular weight is 349 g/mol. The predicted octanol–water partition coefficient (Wildman–Crippen LogP) is 1.45. The van der Waals surface area contributed by atoms with Gasteiger partial charge in [-0.25, -0.2) is 4.68 Å². The van der Waals surface area contributed by atoms with Gasteiger partial charge in [-0.05, 0) is 32.6 Å². The van der Waals surface area contributed by atoms with Crippen LogP contribution in [0.5, 0.6) is 0 Å². The molecule has 1 aromatic rings. The maximum atomic E-state index is 12.5. The zero-order valence-electron chi connectivity index (χ0n) is 15.6. The normalized spacial score (nSPS) is 23.6. The first-order valence-electron chi connectivity index (χ1n) is 9.37. The van der Waals surface area contributed by atoms with Crippen LogP contribution in [-0.2, 0) is 9.53 Å². The van der Waals surface area contributed by atoms with Gasteiger partial charge < -0.3 is 10.1 Å². The summed E-state index contributed by atoms with van der Waals surface area (Å²) in [5.41, 5.74) is 0. The van der Waals surface area contributed by atoms with Crippen LogP contribution in [0.1, 0.15) is 32.7 Å². The molecule has 1 N–H and O–H groups in total. The molecular weight excluding hydrogens is 318 g/mol. The third kappa shape index (κ3) is 4.80. The summed E-state index contributed by atoms with van der Waals surface area (Å²) in [6, 6.07) is 2.69. The minimum atomic E-state index is 0.0438. The number of hydrogen-bond acceptors (Lipinski definition) is 5. The van der Waals surface area contributed by atoms with E-state index >= 15 is 0 Å². The van der Waals surface area contributed by atoms with E-state index in [0.717, 1.165) is 38.6 Å². The lowest BCUT2D eigenvalue weighted by Gasteiger charge is -2.39. The Bertz CT molecular complexity index is 572. The van der Waals surface area contributed by atoms with E-state index in [1.807, 2.05) is 10.7 Å². The highest BCUT2D eigenvalue weighted by molar-refractivity contribution is 5.91. The monoisotopic (exact) mass is 349 g/mol. The number of aromatic nitrogens is 2. The van der Waals surface area contributed by atoms with Crippen molar-refractivity contribution in [1.82, 2.24) is 19.6 Å². The first-order chi connectivity index (χ1) is 12.1. The summed E-state index contributed by atoms with van der Waals surface area (Å²) in [6.07, 6.45) is 4.30. The van der Waals surface area contributed by atoms with Crippen molar-refractivity contribution in [2.24, 2.45) is 5.92 Å². The molecule has 140 valence electrons. The van der Waals surface area contributed by atoms with Crippen molar-refractivity contribution < 1.29 is 9.53 Å². The maximum Gasteiger partial charge on any atom is 0.239 e. The van der Waals surface area contributed by atoms with Gasteiger partial charge in [0.15, 0.2) is 0 Å². The lowest BCUT2D eigenvalue weighted by Crippen LogP contribution is -2.54. The highest BCUT2D eigenvalue weighted by Crippen LogP contribution is 2.40. The number of nitrogens with one attached hydrogen (secondary N) is 1. The molecule has 0 radical (unpaired) electrons. The van der Waals surface area contributed by atoms with Gasteiger partial charge in [0.25, 0.3) is 0 Å². The molecule has 3 rings (SSSR count). The highest BCUT2D eigenvalue weighted by atomic mass is 16.5. The van der Waals surface area contributed by atoms with Crippen LogP contribution in [0.3, 0.4) is 0 Å². The molecule has 2 fully saturated rings. The van der Waals surface area contributed by atoms with Crippen LogP contribution in [-0.4, -0.2) is 78.0 Å². The number of rotatable bonds is 8. The summed E-state index contributed by atoms with van der Waals surface area (Å²) in [5.74, 6) is 1.56. The molecular formula is C18H31N5O2. The second kappa shape index (κ2) is 8.29. The number of hydrogen-bond donors (Lipinski definition) is 1. The maximum absolute atomic E-state index is 12.5. The van der Waals surface area contributed by atoms with Crippen LogP contribution in [0.4, 0.5) is 5.82 Å². The molecule has 7 heteroatoms. The van der Waals surface area contributed by atoms with Crippen molar-refractivity contribution in [2.75, 3.05) is 51.8 Å². The van der Waals surface area contributed by atoms with Gasteiger partial charge in [0.05, 0.1) is 25.4 Å². The van der Waals surface area contributed by atoms with E-state index in [2.05, 4.69) is 34.1 Å². The Morgan fingerprint density at radius 3 is 2.92 bits per heavy atom. The number of carbonyl (C=O) groups is 1. The molecule has 2 atom stereocenters. The molecule has 1 saturated carbocycles. The Hall–Kier alpha value is -1.44. The fourth-order valence-corrected chi connectivity index (χ4v) is 3.66. The molecule has 2 heterocycles. The Balaban J connectivity index is 1.48. The largest absolute Gasteiger partial charge is 0.383 e. The fourth-order valence-electron chi connectivity index (χ4n) is 3.66. The van der Waals surface area contributed by atoms with Crippen LogP contribution in [0, 0.1) is 5.92 Å². The Kier molecular flexibility index (Phi) is 6.09. The molecule has 1 saturated heterocycles. The molecule has 0 bridgehead atoms. The smallest absolute Gasteiger partial charge is 0.239 e. The van der Waals surface area contributed by atoms with Crippen LogP contribution in [0.15, 0.2) is 12.3 Å². The topological polar surface area (TPSA) is 62.6 Å². The minimum Gasteiger partial charge on any atom is -0.383 e. The van der Waals surface area contributed by atoms with E-state index < -0.39 is 0 Å². The van der Waals surface area contributed by atoms with Crippen molar-refractivity contribution in [3.05, 3.63) is 12.3 Å². The molecule has 1 aliphatic carbocycles. The van der Waals surface area contributed by atoms with Crippen molar-refractivity contribution >= 4 is 11.7 Å². The van der Waals surface area contributed by atoms with Crippen LogP contribution < -0.4 is 5.32 Å². The van der Waals surface area contributed by atoms with Crippen molar-refractivity contribution in [1.29, 1.82) is 0 Å².